The van der Waals surface area contributed by atoms with Crippen molar-refractivity contribution >= 4 is 45.1 Å². The van der Waals surface area contributed by atoms with Crippen LogP contribution in [0.15, 0.2) is 41.3 Å². The molecule has 1 amide bonds. The number of carbonyl (C=O) groups is 2. The average molecular weight is 489 g/mol. The Kier molecular flexibility index (Phi) is 7.53. The summed E-state index contributed by atoms with van der Waals surface area (Å²) in [5, 5.41) is 2.34. The summed E-state index contributed by atoms with van der Waals surface area (Å²) in [6.07, 6.45) is 1.93. The summed E-state index contributed by atoms with van der Waals surface area (Å²) < 4.78 is 45.2. The molecule has 11 heteroatoms. The van der Waals surface area contributed by atoms with Gasteiger partial charge >= 0.3 is 5.97 Å². The van der Waals surface area contributed by atoms with Crippen LogP contribution in [0.3, 0.4) is 0 Å². The third kappa shape index (κ3) is 6.64. The van der Waals surface area contributed by atoms with Crippen LogP contribution in [-0.4, -0.2) is 39.5 Å². The summed E-state index contributed by atoms with van der Waals surface area (Å²) in [6.45, 7) is -0.317. The van der Waals surface area contributed by atoms with E-state index in [4.69, 9.17) is 27.9 Å². The first-order valence-electron chi connectivity index (χ1n) is 9.35. The van der Waals surface area contributed by atoms with Crippen molar-refractivity contribution in [3.63, 3.8) is 0 Å². The monoisotopic (exact) mass is 488 g/mol. The van der Waals surface area contributed by atoms with Gasteiger partial charge in [0.1, 0.15) is 10.7 Å². The molecule has 3 rings (SSSR count). The van der Waals surface area contributed by atoms with Gasteiger partial charge in [0, 0.05) is 12.6 Å². The lowest BCUT2D eigenvalue weighted by Crippen LogP contribution is -2.30. The fraction of sp³-hybridized carbons (Fsp3) is 0.300. The van der Waals surface area contributed by atoms with Gasteiger partial charge in [0.05, 0.1) is 15.6 Å². The number of esters is 1. The fourth-order valence-electron chi connectivity index (χ4n) is 2.63. The molecule has 1 saturated carbocycles. The Balaban J connectivity index is 1.56. The van der Waals surface area contributed by atoms with E-state index in [1.807, 2.05) is 0 Å². The highest BCUT2D eigenvalue weighted by Gasteiger charge is 2.30. The number of amides is 1. The molecule has 166 valence electrons. The third-order valence-corrected chi connectivity index (χ3v) is 6.71. The predicted octanol–water partition coefficient (Wildman–Crippen LogP) is 3.09. The number of sulfonamides is 1. The van der Waals surface area contributed by atoms with Crippen LogP contribution in [0.2, 0.25) is 10.0 Å². The number of nitrogens with one attached hydrogen (secondary N) is 2. The maximum Gasteiger partial charge on any atom is 0.340 e. The molecule has 0 aromatic heterocycles. The lowest BCUT2D eigenvalue weighted by atomic mass is 10.1. The molecule has 0 atom stereocenters. The number of rotatable bonds is 9. The quantitative estimate of drug-likeness (QED) is 0.528. The van der Waals surface area contributed by atoms with Crippen LogP contribution in [0.25, 0.3) is 0 Å². The van der Waals surface area contributed by atoms with Gasteiger partial charge in [-0.2, -0.15) is 0 Å². The minimum absolute atomic E-state index is 0.0999. The number of benzene rings is 2. The Morgan fingerprint density at radius 3 is 2.42 bits per heavy atom. The molecule has 0 unspecified atom stereocenters. The largest absolute Gasteiger partial charge is 0.452 e. The molecule has 1 fully saturated rings. The van der Waals surface area contributed by atoms with E-state index in [9.17, 15) is 22.4 Å². The Morgan fingerprint density at radius 1 is 1.10 bits per heavy atom. The molecule has 0 aliphatic heterocycles. The minimum atomic E-state index is -3.92. The second-order valence-electron chi connectivity index (χ2n) is 6.96. The van der Waals surface area contributed by atoms with Crippen molar-refractivity contribution < 1.29 is 27.1 Å². The number of hydrogen-bond donors (Lipinski definition) is 2. The van der Waals surface area contributed by atoms with Crippen molar-refractivity contribution in [1.82, 2.24) is 10.0 Å². The Hall–Kier alpha value is -2.20. The number of halogens is 3. The van der Waals surface area contributed by atoms with Crippen LogP contribution < -0.4 is 10.0 Å². The van der Waals surface area contributed by atoms with Crippen molar-refractivity contribution in [3.05, 3.63) is 63.4 Å². The standard InChI is InChI=1S/C20H19Cl2FN2O5S/c21-16-10-17(22)18(31(28,29)25-14-5-6-14)9-15(16)20(27)30-11-19(26)24-8-7-12-1-3-13(23)4-2-12/h1-4,9-10,14,25H,5-8,11H2,(H,24,26). The topological polar surface area (TPSA) is 102 Å². The maximum absolute atomic E-state index is 12.9. The summed E-state index contributed by atoms with van der Waals surface area (Å²) in [6, 6.07) is 7.88. The van der Waals surface area contributed by atoms with E-state index in [0.717, 1.165) is 30.5 Å². The molecule has 0 radical (unpaired) electrons. The van der Waals surface area contributed by atoms with Crippen molar-refractivity contribution in [2.24, 2.45) is 0 Å². The van der Waals surface area contributed by atoms with Gasteiger partial charge in [-0.25, -0.2) is 22.3 Å². The molecule has 2 aromatic rings. The van der Waals surface area contributed by atoms with E-state index >= 15 is 0 Å². The summed E-state index contributed by atoms with van der Waals surface area (Å²) in [7, 11) is -3.92. The normalized spacial score (nSPS) is 13.6. The maximum atomic E-state index is 12.9. The van der Waals surface area contributed by atoms with E-state index in [1.165, 1.54) is 12.1 Å². The van der Waals surface area contributed by atoms with Crippen molar-refractivity contribution in [3.8, 4) is 0 Å². The van der Waals surface area contributed by atoms with Crippen molar-refractivity contribution in [2.75, 3.05) is 13.2 Å². The number of ether oxygens (including phenoxy) is 1. The zero-order valence-corrected chi connectivity index (χ0v) is 18.5. The Morgan fingerprint density at radius 2 is 1.77 bits per heavy atom. The number of carbonyl (C=O) groups excluding carboxylic acids is 2. The van der Waals surface area contributed by atoms with Gasteiger partial charge in [0.15, 0.2) is 6.61 Å². The molecule has 0 heterocycles. The molecule has 0 saturated heterocycles. The second kappa shape index (κ2) is 9.95. The Labute approximate surface area is 188 Å². The SMILES string of the molecule is O=C(COC(=O)c1cc(S(=O)(=O)NC2CC2)c(Cl)cc1Cl)NCCc1ccc(F)cc1. The third-order valence-electron chi connectivity index (χ3n) is 4.41. The van der Waals surface area contributed by atoms with Crippen LogP contribution in [0.5, 0.6) is 0 Å². The molecule has 31 heavy (non-hydrogen) atoms. The highest BCUT2D eigenvalue weighted by molar-refractivity contribution is 7.89. The van der Waals surface area contributed by atoms with Crippen molar-refractivity contribution in [1.29, 1.82) is 0 Å². The highest BCUT2D eigenvalue weighted by Crippen LogP contribution is 2.31. The second-order valence-corrected chi connectivity index (χ2v) is 9.46. The lowest BCUT2D eigenvalue weighted by Gasteiger charge is -2.11. The van der Waals surface area contributed by atoms with Crippen LogP contribution in [0, 0.1) is 5.82 Å². The van der Waals surface area contributed by atoms with E-state index in [-0.39, 0.29) is 38.9 Å². The van der Waals surface area contributed by atoms with Crippen LogP contribution in [0.4, 0.5) is 4.39 Å². The molecule has 0 spiro atoms. The van der Waals surface area contributed by atoms with Gasteiger partial charge in [0.2, 0.25) is 10.0 Å². The zero-order chi connectivity index (χ0) is 22.6. The molecule has 1 aliphatic carbocycles. The van der Waals surface area contributed by atoms with Gasteiger partial charge in [-0.15, -0.1) is 0 Å². The van der Waals surface area contributed by atoms with Gasteiger partial charge < -0.3 is 10.1 Å². The zero-order valence-electron chi connectivity index (χ0n) is 16.2. The van der Waals surface area contributed by atoms with Gasteiger partial charge in [0.25, 0.3) is 5.91 Å². The van der Waals surface area contributed by atoms with E-state index < -0.39 is 28.5 Å². The van der Waals surface area contributed by atoms with Crippen molar-refractivity contribution in [2.45, 2.75) is 30.2 Å². The number of hydrogen-bond acceptors (Lipinski definition) is 5. The summed E-state index contributed by atoms with van der Waals surface area (Å²) in [5.74, 6) is -1.86. The lowest BCUT2D eigenvalue weighted by molar-refractivity contribution is -0.124. The fourth-order valence-corrected chi connectivity index (χ4v) is 4.79. The molecular formula is C20H19Cl2FN2O5S. The van der Waals surface area contributed by atoms with Crippen LogP contribution >= 0.6 is 23.2 Å². The summed E-state index contributed by atoms with van der Waals surface area (Å²) in [4.78, 5) is 24.0. The summed E-state index contributed by atoms with van der Waals surface area (Å²) in [5.41, 5.74) is 0.613. The first-order chi connectivity index (χ1) is 14.7. The first-order valence-corrected chi connectivity index (χ1v) is 11.6. The van der Waals surface area contributed by atoms with Gasteiger partial charge in [-0.05, 0) is 49.1 Å². The first kappa shape index (κ1) is 23.5. The predicted molar refractivity (Wildman–Crippen MR) is 113 cm³/mol. The molecule has 0 bridgehead atoms. The van der Waals surface area contributed by atoms with Crippen LogP contribution in [0.1, 0.15) is 28.8 Å². The van der Waals surface area contributed by atoms with Gasteiger partial charge in [-0.1, -0.05) is 35.3 Å². The van der Waals surface area contributed by atoms with Gasteiger partial charge in [-0.3, -0.25) is 4.79 Å². The molecule has 7 nitrogen and oxygen atoms in total. The van der Waals surface area contributed by atoms with E-state index in [2.05, 4.69) is 10.0 Å². The Bertz CT molecular complexity index is 1090. The van der Waals surface area contributed by atoms with Crippen LogP contribution in [-0.2, 0) is 26.0 Å². The highest BCUT2D eigenvalue weighted by atomic mass is 35.5. The average Bonchev–Trinajstić information content (AvgIpc) is 3.50. The molecule has 2 N–H and O–H groups in total. The molecule has 1 aliphatic rings. The minimum Gasteiger partial charge on any atom is -0.452 e. The summed E-state index contributed by atoms with van der Waals surface area (Å²) >= 11 is 12.0. The molecular weight excluding hydrogens is 470 g/mol. The smallest absolute Gasteiger partial charge is 0.340 e. The van der Waals surface area contributed by atoms with E-state index in [1.54, 1.807) is 12.1 Å². The molecule has 2 aromatic carbocycles. The van der Waals surface area contributed by atoms with E-state index in [0.29, 0.717) is 6.42 Å².